The minimum Gasteiger partial charge on any atom is -0.311 e. The van der Waals surface area contributed by atoms with Crippen LogP contribution in [0.3, 0.4) is 0 Å². The number of thiol groups is 1. The average Bonchev–Trinajstić information content (AvgIpc) is 1.68. The van der Waals surface area contributed by atoms with E-state index in [1.807, 2.05) is 0 Å². The van der Waals surface area contributed by atoms with Crippen molar-refractivity contribution in [1.29, 1.82) is 0 Å². The first kappa shape index (κ1) is 7.58. The summed E-state index contributed by atoms with van der Waals surface area (Å²) in [5.74, 6) is -0.274. The molecule has 0 rings (SSSR count). The average molecular weight is 136 g/mol. The van der Waals surface area contributed by atoms with Gasteiger partial charge < -0.3 is 5.32 Å². The molecule has 2 N–H and O–H groups in total. The van der Waals surface area contributed by atoms with Gasteiger partial charge in [0.15, 0.2) is 0 Å². The van der Waals surface area contributed by atoms with Gasteiger partial charge in [-0.1, -0.05) is 0 Å². The molecule has 0 aliphatic carbocycles. The van der Waals surface area contributed by atoms with E-state index < -0.39 is 0 Å². The molecule has 0 radical (unpaired) electrons. The highest BCUT2D eigenvalue weighted by Gasteiger charge is 1.92. The predicted octanol–water partition coefficient (Wildman–Crippen LogP) is -1.82. The highest BCUT2D eigenvalue weighted by molar-refractivity contribution is 7.64. The Bertz CT molecular complexity index is 95.3. The van der Waals surface area contributed by atoms with Crippen molar-refractivity contribution < 1.29 is 9.00 Å². The lowest BCUT2D eigenvalue weighted by molar-refractivity contribution is -0.118. The quantitative estimate of drug-likeness (QED) is 0.400. The van der Waals surface area contributed by atoms with Crippen molar-refractivity contribution in [2.24, 2.45) is 0 Å². The second-order valence-corrected chi connectivity index (χ2v) is 1.56. The Morgan fingerprint density at radius 3 is 2.75 bits per heavy atom. The Labute approximate surface area is 51.3 Å². The smallest absolute Gasteiger partial charge is 0.245 e. The van der Waals surface area contributed by atoms with Gasteiger partial charge in [0, 0.05) is 0 Å². The standard InChI is InChI=1S/C3H8N2O2S/c1-4-2-3(6)5-8-7/h4,8H,2H2,1H3,(H,5,6,7). The lowest BCUT2D eigenvalue weighted by atomic mass is 10.6. The van der Waals surface area contributed by atoms with E-state index in [1.54, 1.807) is 7.05 Å². The Morgan fingerprint density at radius 1 is 1.75 bits per heavy atom. The first-order valence-corrected chi connectivity index (χ1v) is 2.88. The van der Waals surface area contributed by atoms with Crippen LogP contribution in [0.4, 0.5) is 0 Å². The summed E-state index contributed by atoms with van der Waals surface area (Å²) in [6.07, 6.45) is 0. The second kappa shape index (κ2) is 4.73. The van der Waals surface area contributed by atoms with E-state index in [2.05, 4.69) is 10.0 Å². The van der Waals surface area contributed by atoms with E-state index in [0.29, 0.717) is 0 Å². The highest BCUT2D eigenvalue weighted by atomic mass is 32.2. The van der Waals surface area contributed by atoms with Gasteiger partial charge >= 0.3 is 0 Å². The fourth-order valence-electron chi connectivity index (χ4n) is 0.251. The third-order valence-electron chi connectivity index (χ3n) is 0.508. The van der Waals surface area contributed by atoms with Crippen molar-refractivity contribution in [2.75, 3.05) is 13.6 Å². The SMILES string of the molecule is CNCC(=O)N[SH]=O. The van der Waals surface area contributed by atoms with Gasteiger partial charge in [-0.05, 0) is 7.05 Å². The molecule has 0 bridgehead atoms. The first-order chi connectivity index (χ1) is 3.81. The fraction of sp³-hybridized carbons (Fsp3) is 0.667. The van der Waals surface area contributed by atoms with Gasteiger partial charge in [-0.3, -0.25) is 9.52 Å². The summed E-state index contributed by atoms with van der Waals surface area (Å²) in [7, 11) is 1.64. The van der Waals surface area contributed by atoms with Crippen molar-refractivity contribution in [1.82, 2.24) is 10.0 Å². The molecule has 0 aromatic heterocycles. The zero-order chi connectivity index (χ0) is 6.41. The number of nitrogens with one attached hydrogen (secondary N) is 2. The highest BCUT2D eigenvalue weighted by Crippen LogP contribution is 1.55. The van der Waals surface area contributed by atoms with Gasteiger partial charge in [0.05, 0.1) is 6.54 Å². The lowest BCUT2D eigenvalue weighted by Gasteiger charge is -1.92. The summed E-state index contributed by atoms with van der Waals surface area (Å²) in [5.41, 5.74) is 0. The second-order valence-electron chi connectivity index (χ2n) is 1.16. The van der Waals surface area contributed by atoms with Gasteiger partial charge in [0.2, 0.25) is 5.91 Å². The van der Waals surface area contributed by atoms with Crippen molar-refractivity contribution in [3.05, 3.63) is 0 Å². The maximum absolute atomic E-state index is 10.3. The summed E-state index contributed by atoms with van der Waals surface area (Å²) in [6, 6.07) is 0. The Kier molecular flexibility index (Phi) is 4.48. The minimum absolute atomic E-state index is 0.204. The molecule has 1 amide bonds. The number of hydrogen-bond donors (Lipinski definition) is 3. The molecule has 0 aromatic rings. The van der Waals surface area contributed by atoms with E-state index in [-0.39, 0.29) is 24.3 Å². The van der Waals surface area contributed by atoms with Crippen LogP contribution >= 0.6 is 0 Å². The number of carbonyl (C=O) groups is 1. The van der Waals surface area contributed by atoms with Crippen LogP contribution in [0.15, 0.2) is 0 Å². The maximum atomic E-state index is 10.3. The van der Waals surface area contributed by atoms with Gasteiger partial charge in [-0.2, -0.15) is 0 Å². The Hall–Kier alpha value is -0.420. The number of likely N-dealkylation sites (N-methyl/N-ethyl adjacent to an activating group) is 1. The normalized spacial score (nSPS) is 8.62. The van der Waals surface area contributed by atoms with Crippen LogP contribution in [-0.2, 0) is 16.6 Å². The van der Waals surface area contributed by atoms with Crippen molar-refractivity contribution in [3.8, 4) is 0 Å². The van der Waals surface area contributed by atoms with E-state index in [9.17, 15) is 9.00 Å². The molecule has 5 heteroatoms. The molecule has 0 spiro atoms. The third-order valence-corrected chi connectivity index (χ3v) is 0.848. The van der Waals surface area contributed by atoms with Crippen molar-refractivity contribution in [3.63, 3.8) is 0 Å². The van der Waals surface area contributed by atoms with Crippen LogP contribution in [-0.4, -0.2) is 23.7 Å². The van der Waals surface area contributed by atoms with Gasteiger partial charge in [0.25, 0.3) is 0 Å². The summed E-state index contributed by atoms with van der Waals surface area (Å²) in [4.78, 5) is 10.3. The molecule has 0 saturated carbocycles. The summed E-state index contributed by atoms with van der Waals surface area (Å²) in [5, 5.41) is 2.60. The van der Waals surface area contributed by atoms with Crippen LogP contribution < -0.4 is 10.0 Å². The molecule has 48 valence electrons. The molecule has 0 aromatic carbocycles. The fourth-order valence-corrected chi connectivity index (χ4v) is 0.432. The predicted molar refractivity (Wildman–Crippen MR) is 31.6 cm³/mol. The molecule has 0 aliphatic rings. The van der Waals surface area contributed by atoms with E-state index in [4.69, 9.17) is 0 Å². The number of amides is 1. The number of hydrogen-bond acceptors (Lipinski definition) is 3. The summed E-state index contributed by atoms with van der Waals surface area (Å²) < 4.78 is 11.7. The molecular formula is C3H8N2O2S. The van der Waals surface area contributed by atoms with Crippen LogP contribution in [0.2, 0.25) is 0 Å². The molecule has 0 saturated heterocycles. The zero-order valence-electron chi connectivity index (χ0n) is 4.47. The summed E-state index contributed by atoms with van der Waals surface area (Å²) in [6.45, 7) is 0.204. The minimum atomic E-state index is -0.341. The van der Waals surface area contributed by atoms with Gasteiger partial charge in [-0.15, -0.1) is 0 Å². The Balaban J connectivity index is 3.18. The first-order valence-electron chi connectivity index (χ1n) is 2.07. The largest absolute Gasteiger partial charge is 0.311 e. The third kappa shape index (κ3) is 3.76. The molecule has 0 heterocycles. The molecule has 0 aliphatic heterocycles. The zero-order valence-corrected chi connectivity index (χ0v) is 5.37. The van der Waals surface area contributed by atoms with Crippen molar-refractivity contribution in [2.45, 2.75) is 0 Å². The summed E-state index contributed by atoms with van der Waals surface area (Å²) >= 11 is -0.341. The lowest BCUT2D eigenvalue weighted by Crippen LogP contribution is -2.29. The molecule has 0 unspecified atom stereocenters. The molecule has 4 nitrogen and oxygen atoms in total. The Morgan fingerprint density at radius 2 is 2.38 bits per heavy atom. The van der Waals surface area contributed by atoms with Crippen molar-refractivity contribution >= 4 is 17.8 Å². The molecule has 8 heavy (non-hydrogen) atoms. The van der Waals surface area contributed by atoms with E-state index >= 15 is 0 Å². The molecule has 0 atom stereocenters. The number of carbonyl (C=O) groups excluding carboxylic acids is 1. The van der Waals surface area contributed by atoms with Crippen LogP contribution in [0, 0.1) is 0 Å². The molecule has 0 fully saturated rings. The van der Waals surface area contributed by atoms with Crippen LogP contribution in [0.5, 0.6) is 0 Å². The van der Waals surface area contributed by atoms with Crippen LogP contribution in [0.25, 0.3) is 0 Å². The van der Waals surface area contributed by atoms with Gasteiger partial charge in [0.1, 0.15) is 11.9 Å². The maximum Gasteiger partial charge on any atom is 0.245 e. The van der Waals surface area contributed by atoms with Crippen LogP contribution in [0.1, 0.15) is 0 Å². The monoisotopic (exact) mass is 136 g/mol. The molecular weight excluding hydrogens is 128 g/mol. The van der Waals surface area contributed by atoms with Gasteiger partial charge in [-0.25, -0.2) is 4.21 Å². The van der Waals surface area contributed by atoms with E-state index in [1.165, 1.54) is 0 Å². The van der Waals surface area contributed by atoms with E-state index in [0.717, 1.165) is 0 Å². The number of rotatable bonds is 3. The topological polar surface area (TPSA) is 58.2 Å².